The van der Waals surface area contributed by atoms with Gasteiger partial charge in [-0.2, -0.15) is 0 Å². The molecule has 0 spiro atoms. The molecule has 2 aromatic rings. The van der Waals surface area contributed by atoms with Crippen LogP contribution in [0.5, 0.6) is 0 Å². The number of halogens is 1. The van der Waals surface area contributed by atoms with E-state index < -0.39 is 0 Å². The minimum atomic E-state index is -0.0447. The van der Waals surface area contributed by atoms with Crippen LogP contribution in [0.2, 0.25) is 4.34 Å². The summed E-state index contributed by atoms with van der Waals surface area (Å²) < 4.78 is 2.17. The Morgan fingerprint density at radius 3 is 2.41 bits per heavy atom. The summed E-state index contributed by atoms with van der Waals surface area (Å²) in [6, 6.07) is 9.57. The molecular formula is C12H13ClN2OS. The van der Waals surface area contributed by atoms with E-state index in [2.05, 4.69) is 0 Å². The highest BCUT2D eigenvalue weighted by Crippen LogP contribution is 2.16. The zero-order valence-corrected chi connectivity index (χ0v) is 11.3. The Kier molecular flexibility index (Phi) is 3.54. The van der Waals surface area contributed by atoms with Crippen LogP contribution in [0.3, 0.4) is 0 Å². The number of anilines is 1. The number of aromatic nitrogens is 1. The molecule has 17 heavy (non-hydrogen) atoms. The normalized spacial score (nSPS) is 10.5. The highest BCUT2D eigenvalue weighted by Gasteiger charge is 2.03. The standard InChI is InChI=1S/C12H13ClN2OS/c1-14(2)10-5-3-9(4-6-10)8-15-12(16)7-11(13)17-15/h3-7H,8H2,1-2H3. The second-order valence-corrected chi connectivity index (χ2v) is 5.67. The van der Waals surface area contributed by atoms with E-state index in [1.54, 1.807) is 3.96 Å². The van der Waals surface area contributed by atoms with E-state index in [0.29, 0.717) is 10.9 Å². The third kappa shape index (κ3) is 2.90. The van der Waals surface area contributed by atoms with E-state index in [1.165, 1.54) is 17.6 Å². The van der Waals surface area contributed by atoms with Gasteiger partial charge in [0.25, 0.3) is 5.56 Å². The SMILES string of the molecule is CN(C)c1ccc(Cn2sc(Cl)cc2=O)cc1. The maximum Gasteiger partial charge on any atom is 0.262 e. The third-order valence-electron chi connectivity index (χ3n) is 2.46. The highest BCUT2D eigenvalue weighted by molar-refractivity contribution is 7.11. The van der Waals surface area contributed by atoms with Gasteiger partial charge in [-0.1, -0.05) is 23.7 Å². The predicted octanol–water partition coefficient (Wildman–Crippen LogP) is 2.68. The van der Waals surface area contributed by atoms with Gasteiger partial charge in [0.05, 0.1) is 6.54 Å². The van der Waals surface area contributed by atoms with Crippen molar-refractivity contribution in [2.75, 3.05) is 19.0 Å². The summed E-state index contributed by atoms with van der Waals surface area (Å²) in [6.45, 7) is 0.573. The fourth-order valence-corrected chi connectivity index (χ4v) is 2.58. The van der Waals surface area contributed by atoms with Crippen LogP contribution in [-0.4, -0.2) is 18.1 Å². The zero-order valence-electron chi connectivity index (χ0n) is 9.68. The summed E-state index contributed by atoms with van der Waals surface area (Å²) in [5.41, 5.74) is 2.19. The smallest absolute Gasteiger partial charge is 0.262 e. The zero-order chi connectivity index (χ0) is 12.4. The van der Waals surface area contributed by atoms with Crippen molar-refractivity contribution in [1.29, 1.82) is 0 Å². The number of nitrogens with zero attached hydrogens (tertiary/aromatic N) is 2. The van der Waals surface area contributed by atoms with Crippen molar-refractivity contribution in [3.8, 4) is 0 Å². The lowest BCUT2D eigenvalue weighted by atomic mass is 10.2. The van der Waals surface area contributed by atoms with Crippen LogP contribution in [0.4, 0.5) is 5.69 Å². The first-order chi connectivity index (χ1) is 8.06. The van der Waals surface area contributed by atoms with Crippen molar-refractivity contribution in [3.05, 3.63) is 50.6 Å². The molecule has 0 aliphatic rings. The van der Waals surface area contributed by atoms with E-state index in [4.69, 9.17) is 11.6 Å². The molecule has 0 fully saturated rings. The molecule has 0 aliphatic heterocycles. The summed E-state index contributed by atoms with van der Waals surface area (Å²) in [5.74, 6) is 0. The fourth-order valence-electron chi connectivity index (χ4n) is 1.52. The minimum Gasteiger partial charge on any atom is -0.378 e. The van der Waals surface area contributed by atoms with Gasteiger partial charge in [-0.3, -0.25) is 8.75 Å². The molecule has 0 aliphatic carbocycles. The Labute approximate surface area is 109 Å². The third-order valence-corrected chi connectivity index (χ3v) is 3.60. The van der Waals surface area contributed by atoms with Crippen LogP contribution in [0.15, 0.2) is 35.1 Å². The molecule has 1 heterocycles. The van der Waals surface area contributed by atoms with Crippen LogP contribution >= 0.6 is 23.1 Å². The molecular weight excluding hydrogens is 256 g/mol. The van der Waals surface area contributed by atoms with Gasteiger partial charge in [-0.25, -0.2) is 0 Å². The second-order valence-electron chi connectivity index (χ2n) is 3.98. The van der Waals surface area contributed by atoms with Gasteiger partial charge in [-0.15, -0.1) is 0 Å². The summed E-state index contributed by atoms with van der Waals surface area (Å²) >= 11 is 7.07. The van der Waals surface area contributed by atoms with Crippen molar-refractivity contribution < 1.29 is 0 Å². The largest absolute Gasteiger partial charge is 0.378 e. The van der Waals surface area contributed by atoms with Gasteiger partial charge >= 0.3 is 0 Å². The minimum absolute atomic E-state index is 0.0447. The van der Waals surface area contributed by atoms with E-state index in [9.17, 15) is 4.79 Å². The summed E-state index contributed by atoms with van der Waals surface area (Å²) in [7, 11) is 4.00. The highest BCUT2D eigenvalue weighted by atomic mass is 35.5. The number of benzene rings is 1. The van der Waals surface area contributed by atoms with Crippen LogP contribution in [0.1, 0.15) is 5.56 Å². The quantitative estimate of drug-likeness (QED) is 0.855. The Morgan fingerprint density at radius 2 is 1.94 bits per heavy atom. The molecule has 3 nitrogen and oxygen atoms in total. The number of rotatable bonds is 3. The topological polar surface area (TPSA) is 25.2 Å². The second kappa shape index (κ2) is 4.94. The summed E-state index contributed by atoms with van der Waals surface area (Å²) in [5, 5.41) is 0. The van der Waals surface area contributed by atoms with Gasteiger partial charge < -0.3 is 4.90 Å². The van der Waals surface area contributed by atoms with Crippen molar-refractivity contribution >= 4 is 28.8 Å². The van der Waals surface area contributed by atoms with Crippen LogP contribution in [-0.2, 0) is 6.54 Å². The molecule has 0 radical (unpaired) electrons. The average molecular weight is 269 g/mol. The number of hydrogen-bond acceptors (Lipinski definition) is 3. The van der Waals surface area contributed by atoms with Crippen molar-refractivity contribution in [1.82, 2.24) is 3.96 Å². The average Bonchev–Trinajstić information content (AvgIpc) is 2.58. The van der Waals surface area contributed by atoms with E-state index in [0.717, 1.165) is 11.3 Å². The van der Waals surface area contributed by atoms with Crippen molar-refractivity contribution in [3.63, 3.8) is 0 Å². The number of hydrogen-bond donors (Lipinski definition) is 0. The monoisotopic (exact) mass is 268 g/mol. The maximum atomic E-state index is 11.5. The molecule has 0 bridgehead atoms. The van der Waals surface area contributed by atoms with E-state index >= 15 is 0 Å². The van der Waals surface area contributed by atoms with Gasteiger partial charge in [0.15, 0.2) is 0 Å². The molecule has 0 saturated heterocycles. The molecule has 2 rings (SSSR count). The molecule has 0 unspecified atom stereocenters. The van der Waals surface area contributed by atoms with E-state index in [-0.39, 0.29) is 5.56 Å². The molecule has 0 atom stereocenters. The van der Waals surface area contributed by atoms with Crippen LogP contribution < -0.4 is 10.5 Å². The summed E-state index contributed by atoms with van der Waals surface area (Å²) in [4.78, 5) is 13.5. The maximum absolute atomic E-state index is 11.5. The van der Waals surface area contributed by atoms with Gasteiger partial charge in [0.2, 0.25) is 0 Å². The lowest BCUT2D eigenvalue weighted by molar-refractivity contribution is 0.849. The van der Waals surface area contributed by atoms with Crippen LogP contribution in [0, 0.1) is 0 Å². The Balaban J connectivity index is 2.19. The molecule has 90 valence electrons. The van der Waals surface area contributed by atoms with Crippen molar-refractivity contribution in [2.24, 2.45) is 0 Å². The predicted molar refractivity (Wildman–Crippen MR) is 73.5 cm³/mol. The first-order valence-electron chi connectivity index (χ1n) is 5.19. The first kappa shape index (κ1) is 12.2. The Bertz CT molecular complexity index is 557. The Hall–Kier alpha value is -1.26. The van der Waals surface area contributed by atoms with Crippen LogP contribution in [0.25, 0.3) is 0 Å². The lowest BCUT2D eigenvalue weighted by Crippen LogP contribution is -2.13. The molecule has 0 amide bonds. The van der Waals surface area contributed by atoms with Gasteiger partial charge in [0, 0.05) is 25.8 Å². The molecule has 5 heteroatoms. The fraction of sp³-hybridized carbons (Fsp3) is 0.250. The molecule has 0 N–H and O–H groups in total. The van der Waals surface area contributed by atoms with Crippen molar-refractivity contribution in [2.45, 2.75) is 6.54 Å². The molecule has 1 aromatic heterocycles. The molecule has 0 saturated carbocycles. The van der Waals surface area contributed by atoms with Gasteiger partial charge in [-0.05, 0) is 29.2 Å². The summed E-state index contributed by atoms with van der Waals surface area (Å²) in [6.07, 6.45) is 0. The molecule has 1 aromatic carbocycles. The first-order valence-corrected chi connectivity index (χ1v) is 6.34. The Morgan fingerprint density at radius 1 is 1.29 bits per heavy atom. The lowest BCUT2D eigenvalue weighted by Gasteiger charge is -2.12. The van der Waals surface area contributed by atoms with E-state index in [1.807, 2.05) is 43.3 Å². The van der Waals surface area contributed by atoms with Gasteiger partial charge in [0.1, 0.15) is 4.34 Å².